The van der Waals surface area contributed by atoms with Crippen molar-refractivity contribution in [3.05, 3.63) is 48.3 Å². The van der Waals surface area contributed by atoms with Gasteiger partial charge in [-0.15, -0.1) is 0 Å². The van der Waals surface area contributed by atoms with E-state index in [0.29, 0.717) is 12.5 Å². The van der Waals surface area contributed by atoms with E-state index in [0.717, 1.165) is 18.7 Å². The predicted molar refractivity (Wildman–Crippen MR) is 67.4 cm³/mol. The number of imidazole rings is 1. The molecule has 0 aliphatic heterocycles. The first-order chi connectivity index (χ1) is 8.29. The maximum atomic E-state index is 5.53. The molecule has 1 unspecified atom stereocenters. The molecule has 0 radical (unpaired) electrons. The van der Waals surface area contributed by atoms with Gasteiger partial charge in [0.25, 0.3) is 0 Å². The third-order valence-corrected chi connectivity index (χ3v) is 3.01. The van der Waals surface area contributed by atoms with Crippen LogP contribution in [0, 0.1) is 0 Å². The summed E-state index contributed by atoms with van der Waals surface area (Å²) in [5, 5.41) is 0. The van der Waals surface area contributed by atoms with Crippen LogP contribution in [0.3, 0.4) is 0 Å². The standard InChI is InChI=1S/C13H18N4/c1-11(4-6-17-7-5-15-10-17)12-2-3-13(8-14)16-9-12/h2-3,5,7,9-11H,4,6,8,14H2,1H3. The topological polar surface area (TPSA) is 56.7 Å². The van der Waals surface area contributed by atoms with Gasteiger partial charge in [0.1, 0.15) is 0 Å². The first-order valence-electron chi connectivity index (χ1n) is 5.90. The van der Waals surface area contributed by atoms with Gasteiger partial charge < -0.3 is 10.3 Å². The number of nitrogens with zero attached hydrogens (tertiary/aromatic N) is 3. The molecule has 4 heteroatoms. The zero-order valence-electron chi connectivity index (χ0n) is 10.1. The lowest BCUT2D eigenvalue weighted by Crippen LogP contribution is -2.03. The van der Waals surface area contributed by atoms with Crippen LogP contribution in [-0.4, -0.2) is 14.5 Å². The molecule has 0 aliphatic rings. The molecule has 0 bridgehead atoms. The Bertz CT molecular complexity index is 433. The largest absolute Gasteiger partial charge is 0.337 e. The molecular formula is C13H18N4. The van der Waals surface area contributed by atoms with E-state index >= 15 is 0 Å². The van der Waals surface area contributed by atoms with Gasteiger partial charge in [-0.2, -0.15) is 0 Å². The highest BCUT2D eigenvalue weighted by Crippen LogP contribution is 2.18. The molecule has 2 N–H and O–H groups in total. The van der Waals surface area contributed by atoms with Crippen molar-refractivity contribution in [2.75, 3.05) is 0 Å². The molecule has 90 valence electrons. The molecule has 17 heavy (non-hydrogen) atoms. The monoisotopic (exact) mass is 230 g/mol. The van der Waals surface area contributed by atoms with Crippen LogP contribution in [0.5, 0.6) is 0 Å². The first kappa shape index (κ1) is 11.8. The normalized spacial score (nSPS) is 12.6. The number of hydrogen-bond donors (Lipinski definition) is 1. The van der Waals surface area contributed by atoms with Crippen molar-refractivity contribution in [2.24, 2.45) is 5.73 Å². The van der Waals surface area contributed by atoms with Crippen LogP contribution >= 0.6 is 0 Å². The maximum Gasteiger partial charge on any atom is 0.0945 e. The van der Waals surface area contributed by atoms with Crippen molar-refractivity contribution in [2.45, 2.75) is 32.4 Å². The Kier molecular flexibility index (Phi) is 3.88. The second-order valence-electron chi connectivity index (χ2n) is 4.28. The Balaban J connectivity index is 1.92. The number of nitrogens with two attached hydrogens (primary N) is 1. The van der Waals surface area contributed by atoms with Gasteiger partial charge in [0.05, 0.1) is 12.0 Å². The fraction of sp³-hybridized carbons (Fsp3) is 0.385. The van der Waals surface area contributed by atoms with Crippen LogP contribution in [0.4, 0.5) is 0 Å². The third kappa shape index (κ3) is 3.14. The average Bonchev–Trinajstić information content (AvgIpc) is 2.89. The van der Waals surface area contributed by atoms with E-state index in [1.807, 2.05) is 31.0 Å². The molecule has 0 spiro atoms. The average molecular weight is 230 g/mol. The molecule has 1 atom stereocenters. The van der Waals surface area contributed by atoms with Crippen molar-refractivity contribution in [3.63, 3.8) is 0 Å². The lowest BCUT2D eigenvalue weighted by Gasteiger charge is -2.12. The van der Waals surface area contributed by atoms with Crippen LogP contribution in [0.25, 0.3) is 0 Å². The van der Waals surface area contributed by atoms with Gasteiger partial charge in [-0.1, -0.05) is 13.0 Å². The Morgan fingerprint density at radius 3 is 2.88 bits per heavy atom. The molecule has 0 fully saturated rings. The van der Waals surface area contributed by atoms with Gasteiger partial charge in [-0.25, -0.2) is 4.98 Å². The summed E-state index contributed by atoms with van der Waals surface area (Å²) in [6.07, 6.45) is 8.66. The summed E-state index contributed by atoms with van der Waals surface area (Å²) in [5.41, 5.74) is 7.73. The minimum absolute atomic E-state index is 0.497. The second kappa shape index (κ2) is 5.59. The lowest BCUT2D eigenvalue weighted by atomic mass is 9.99. The fourth-order valence-electron chi connectivity index (χ4n) is 1.78. The van der Waals surface area contributed by atoms with Gasteiger partial charge in [-0.05, 0) is 24.0 Å². The van der Waals surface area contributed by atoms with Crippen LogP contribution in [0.1, 0.15) is 30.5 Å². The minimum atomic E-state index is 0.497. The SMILES string of the molecule is CC(CCn1ccnc1)c1ccc(CN)nc1. The highest BCUT2D eigenvalue weighted by Gasteiger charge is 2.06. The molecule has 0 aliphatic carbocycles. The van der Waals surface area contributed by atoms with Crippen LogP contribution in [-0.2, 0) is 13.1 Å². The van der Waals surface area contributed by atoms with Crippen molar-refractivity contribution in [1.29, 1.82) is 0 Å². The van der Waals surface area contributed by atoms with Gasteiger partial charge in [0.15, 0.2) is 0 Å². The van der Waals surface area contributed by atoms with E-state index in [4.69, 9.17) is 5.73 Å². The van der Waals surface area contributed by atoms with E-state index in [9.17, 15) is 0 Å². The fourth-order valence-corrected chi connectivity index (χ4v) is 1.78. The molecule has 2 aromatic rings. The number of aromatic nitrogens is 3. The number of aryl methyl sites for hydroxylation is 1. The maximum absolute atomic E-state index is 5.53. The first-order valence-corrected chi connectivity index (χ1v) is 5.90. The second-order valence-corrected chi connectivity index (χ2v) is 4.28. The summed E-state index contributed by atoms with van der Waals surface area (Å²) in [4.78, 5) is 8.35. The van der Waals surface area contributed by atoms with E-state index in [-0.39, 0.29) is 0 Å². The molecule has 0 saturated heterocycles. The summed E-state index contributed by atoms with van der Waals surface area (Å²) in [7, 11) is 0. The van der Waals surface area contributed by atoms with Gasteiger partial charge in [0.2, 0.25) is 0 Å². The van der Waals surface area contributed by atoms with E-state index in [1.165, 1.54) is 5.56 Å². The molecule has 2 heterocycles. The number of pyridine rings is 1. The quantitative estimate of drug-likeness (QED) is 0.854. The van der Waals surface area contributed by atoms with Crippen molar-refractivity contribution in [3.8, 4) is 0 Å². The van der Waals surface area contributed by atoms with Gasteiger partial charge >= 0.3 is 0 Å². The molecule has 0 saturated carbocycles. The predicted octanol–water partition coefficient (Wildman–Crippen LogP) is 1.93. The Morgan fingerprint density at radius 2 is 2.29 bits per heavy atom. The molecule has 0 aromatic carbocycles. The summed E-state index contributed by atoms with van der Waals surface area (Å²) < 4.78 is 2.10. The summed E-state index contributed by atoms with van der Waals surface area (Å²) in [6, 6.07) is 4.12. The summed E-state index contributed by atoms with van der Waals surface area (Å²) in [6.45, 7) is 3.71. The zero-order chi connectivity index (χ0) is 12.1. The molecule has 0 amide bonds. The molecular weight excluding hydrogens is 212 g/mol. The highest BCUT2D eigenvalue weighted by atomic mass is 15.0. The number of hydrogen-bond acceptors (Lipinski definition) is 3. The third-order valence-electron chi connectivity index (χ3n) is 3.01. The lowest BCUT2D eigenvalue weighted by molar-refractivity contribution is 0.574. The van der Waals surface area contributed by atoms with Crippen LogP contribution in [0.15, 0.2) is 37.1 Å². The van der Waals surface area contributed by atoms with E-state index in [2.05, 4.69) is 27.5 Å². The van der Waals surface area contributed by atoms with Crippen LogP contribution in [0.2, 0.25) is 0 Å². The van der Waals surface area contributed by atoms with E-state index < -0.39 is 0 Å². The molecule has 2 aromatic heterocycles. The van der Waals surface area contributed by atoms with Crippen LogP contribution < -0.4 is 5.73 Å². The Labute approximate surface area is 102 Å². The molecule has 2 rings (SSSR count). The van der Waals surface area contributed by atoms with Gasteiger partial charge in [-0.3, -0.25) is 4.98 Å². The molecule has 4 nitrogen and oxygen atoms in total. The zero-order valence-corrected chi connectivity index (χ0v) is 10.1. The van der Waals surface area contributed by atoms with Crippen molar-refractivity contribution in [1.82, 2.24) is 14.5 Å². The van der Waals surface area contributed by atoms with Crippen molar-refractivity contribution < 1.29 is 0 Å². The Morgan fingerprint density at radius 1 is 1.41 bits per heavy atom. The smallest absolute Gasteiger partial charge is 0.0945 e. The van der Waals surface area contributed by atoms with E-state index in [1.54, 1.807) is 0 Å². The summed E-state index contributed by atoms with van der Waals surface area (Å²) >= 11 is 0. The van der Waals surface area contributed by atoms with Crippen molar-refractivity contribution >= 4 is 0 Å². The van der Waals surface area contributed by atoms with Gasteiger partial charge in [0, 0.05) is 31.7 Å². The summed E-state index contributed by atoms with van der Waals surface area (Å²) in [5.74, 6) is 0.497. The Hall–Kier alpha value is -1.68. The minimum Gasteiger partial charge on any atom is -0.337 e. The highest BCUT2D eigenvalue weighted by molar-refractivity contribution is 5.17. The number of rotatable bonds is 5.